The van der Waals surface area contributed by atoms with E-state index in [0.717, 1.165) is 22.0 Å². The molecule has 1 aromatic heterocycles. The monoisotopic (exact) mass is 583 g/mol. The van der Waals surface area contributed by atoms with Crippen molar-refractivity contribution >= 4 is 23.9 Å². The molecule has 1 saturated heterocycles. The molecular formula is C26H32F3N5O7. The minimum atomic E-state index is -4.51. The zero-order chi connectivity index (χ0) is 30.5. The Balaban J connectivity index is 1.89. The molecule has 0 aliphatic carbocycles. The highest BCUT2D eigenvalue weighted by molar-refractivity contribution is 6.38. The second-order valence-corrected chi connectivity index (χ2v) is 10.2. The zero-order valence-electron chi connectivity index (χ0n) is 23.0. The largest absolute Gasteiger partial charge is 0.465 e. The van der Waals surface area contributed by atoms with Gasteiger partial charge in [-0.25, -0.2) is 14.6 Å². The number of hydrazine groups is 1. The van der Waals surface area contributed by atoms with Gasteiger partial charge in [-0.3, -0.25) is 19.9 Å². The molecule has 15 heteroatoms. The molecule has 12 nitrogen and oxygen atoms in total. The fourth-order valence-corrected chi connectivity index (χ4v) is 4.81. The molecule has 1 aliphatic heterocycles. The highest BCUT2D eigenvalue weighted by atomic mass is 19.4. The van der Waals surface area contributed by atoms with Gasteiger partial charge < -0.3 is 14.3 Å². The third kappa shape index (κ3) is 7.32. The van der Waals surface area contributed by atoms with Crippen LogP contribution < -0.4 is 5.43 Å². The van der Waals surface area contributed by atoms with Crippen LogP contribution in [0.25, 0.3) is 11.5 Å². The molecular weight excluding hydrogens is 551 g/mol. The summed E-state index contributed by atoms with van der Waals surface area (Å²) in [6.45, 7) is 6.94. The van der Waals surface area contributed by atoms with E-state index in [1.807, 2.05) is 6.92 Å². The first-order valence-corrected chi connectivity index (χ1v) is 13.0. The summed E-state index contributed by atoms with van der Waals surface area (Å²) in [4.78, 5) is 51.8. The number of nitrogens with one attached hydrogen (secondary N) is 1. The molecule has 0 radical (unpaired) electrons. The average molecular weight is 584 g/mol. The van der Waals surface area contributed by atoms with Crippen molar-refractivity contribution in [1.29, 1.82) is 0 Å². The SMILES string of the molecule is CCCC(C)(C)[C@@H](C(=O)C(=O)NN1CCOC1=O)N(C(=O)O)[C@H](CC)Cc1nnc(-c2ccc(C(F)(F)F)cc2)o1. The van der Waals surface area contributed by atoms with E-state index in [9.17, 15) is 37.5 Å². The van der Waals surface area contributed by atoms with E-state index in [1.54, 1.807) is 20.8 Å². The highest BCUT2D eigenvalue weighted by Gasteiger charge is 2.47. The van der Waals surface area contributed by atoms with Gasteiger partial charge in [0.1, 0.15) is 12.6 Å². The lowest BCUT2D eigenvalue weighted by Gasteiger charge is -2.42. The van der Waals surface area contributed by atoms with E-state index in [-0.39, 0.29) is 43.3 Å². The lowest BCUT2D eigenvalue weighted by molar-refractivity contribution is -0.146. The summed E-state index contributed by atoms with van der Waals surface area (Å²) in [5, 5.41) is 18.9. The fraction of sp³-hybridized carbons (Fsp3) is 0.538. The predicted molar refractivity (Wildman–Crippen MR) is 136 cm³/mol. The van der Waals surface area contributed by atoms with Crippen LogP contribution in [-0.4, -0.2) is 74.3 Å². The number of halogens is 3. The van der Waals surface area contributed by atoms with Crippen molar-refractivity contribution in [3.8, 4) is 11.5 Å². The minimum Gasteiger partial charge on any atom is -0.465 e. The number of alkyl halides is 3. The van der Waals surface area contributed by atoms with Crippen LogP contribution in [0.4, 0.5) is 22.8 Å². The Morgan fingerprint density at radius 2 is 1.80 bits per heavy atom. The molecule has 2 atom stereocenters. The molecule has 2 aromatic rings. The van der Waals surface area contributed by atoms with Crippen molar-refractivity contribution in [2.24, 2.45) is 5.41 Å². The number of hydrogen-bond donors (Lipinski definition) is 2. The summed E-state index contributed by atoms with van der Waals surface area (Å²) in [6, 6.07) is 1.76. The van der Waals surface area contributed by atoms with Gasteiger partial charge in [-0.05, 0) is 42.5 Å². The number of hydrogen-bond acceptors (Lipinski definition) is 8. The fourth-order valence-electron chi connectivity index (χ4n) is 4.81. The molecule has 0 saturated carbocycles. The van der Waals surface area contributed by atoms with Crippen molar-refractivity contribution in [2.45, 2.75) is 71.6 Å². The standard InChI is InChI=1S/C26H32F3N5O7/c1-5-11-25(3,4)20(19(35)21(36)32-33-12-13-40-24(33)39)34(23(37)38)17(6-2)14-18-30-31-22(41-18)15-7-9-16(10-8-15)26(27,28)29/h7-10,17,20H,5-6,11-14H2,1-4H3,(H,32,36)(H,37,38)/t17-,20-/m1/s1. The molecule has 1 fully saturated rings. The normalized spacial score (nSPS) is 15.3. The van der Waals surface area contributed by atoms with Gasteiger partial charge in [-0.1, -0.05) is 34.1 Å². The van der Waals surface area contributed by atoms with Gasteiger partial charge in [0.2, 0.25) is 17.6 Å². The van der Waals surface area contributed by atoms with Gasteiger partial charge in [-0.2, -0.15) is 13.2 Å². The van der Waals surface area contributed by atoms with Crippen LogP contribution in [0.5, 0.6) is 0 Å². The van der Waals surface area contributed by atoms with E-state index in [4.69, 9.17) is 9.15 Å². The van der Waals surface area contributed by atoms with Crippen LogP contribution in [0.15, 0.2) is 28.7 Å². The lowest BCUT2D eigenvalue weighted by atomic mass is 9.76. The number of nitrogens with zero attached hydrogens (tertiary/aromatic N) is 4. The maximum atomic E-state index is 13.5. The van der Waals surface area contributed by atoms with Gasteiger partial charge >= 0.3 is 24.3 Å². The number of carbonyl (C=O) groups excluding carboxylic acids is 3. The molecule has 41 heavy (non-hydrogen) atoms. The maximum Gasteiger partial charge on any atom is 0.428 e. The summed E-state index contributed by atoms with van der Waals surface area (Å²) in [5.41, 5.74) is 0.582. The van der Waals surface area contributed by atoms with Gasteiger partial charge in [0.25, 0.3) is 0 Å². The van der Waals surface area contributed by atoms with Crippen LogP contribution in [0.1, 0.15) is 58.4 Å². The summed E-state index contributed by atoms with van der Waals surface area (Å²) in [7, 11) is 0. The van der Waals surface area contributed by atoms with Crippen molar-refractivity contribution in [1.82, 2.24) is 25.5 Å². The molecule has 1 aromatic carbocycles. The maximum absolute atomic E-state index is 13.5. The van der Waals surface area contributed by atoms with Crippen molar-refractivity contribution in [3.63, 3.8) is 0 Å². The van der Waals surface area contributed by atoms with Crippen LogP contribution >= 0.6 is 0 Å². The van der Waals surface area contributed by atoms with E-state index >= 15 is 0 Å². The molecule has 2 heterocycles. The summed E-state index contributed by atoms with van der Waals surface area (Å²) in [6.07, 6.45) is -5.78. The van der Waals surface area contributed by atoms with Crippen molar-refractivity contribution in [3.05, 3.63) is 35.7 Å². The molecule has 3 rings (SSSR count). The third-order valence-corrected chi connectivity index (χ3v) is 6.80. The Morgan fingerprint density at radius 1 is 1.15 bits per heavy atom. The number of carboxylic acid groups (broad SMARTS) is 1. The van der Waals surface area contributed by atoms with Crippen molar-refractivity contribution in [2.75, 3.05) is 13.2 Å². The topological polar surface area (TPSA) is 155 Å². The summed E-state index contributed by atoms with van der Waals surface area (Å²) in [5.74, 6) is -2.30. The van der Waals surface area contributed by atoms with Gasteiger partial charge in [-0.15, -0.1) is 10.2 Å². The number of ether oxygens (including phenoxy) is 1. The Kier molecular flexibility index (Phi) is 9.61. The first-order chi connectivity index (χ1) is 19.2. The van der Waals surface area contributed by atoms with E-state index in [1.165, 1.54) is 12.1 Å². The zero-order valence-corrected chi connectivity index (χ0v) is 23.0. The van der Waals surface area contributed by atoms with E-state index in [0.29, 0.717) is 12.8 Å². The number of benzene rings is 1. The first kappa shape index (κ1) is 31.4. The summed E-state index contributed by atoms with van der Waals surface area (Å²) < 4.78 is 49.1. The molecule has 0 unspecified atom stereocenters. The molecule has 1 aliphatic rings. The van der Waals surface area contributed by atoms with E-state index < -0.39 is 53.1 Å². The van der Waals surface area contributed by atoms with E-state index in [2.05, 4.69) is 15.6 Å². The number of ketones is 1. The Labute approximate surface area is 233 Å². The average Bonchev–Trinajstić information content (AvgIpc) is 3.53. The molecule has 224 valence electrons. The predicted octanol–water partition coefficient (Wildman–Crippen LogP) is 4.30. The highest BCUT2D eigenvalue weighted by Crippen LogP contribution is 2.34. The molecule has 0 bridgehead atoms. The second kappa shape index (κ2) is 12.6. The number of cyclic esters (lactones) is 1. The third-order valence-electron chi connectivity index (χ3n) is 6.80. The van der Waals surface area contributed by atoms with Gasteiger partial charge in [0.05, 0.1) is 12.1 Å². The Bertz CT molecular complexity index is 1260. The number of Topliss-reactive ketones (excluding diaryl/α,β-unsaturated/α-hetero) is 1. The van der Waals surface area contributed by atoms with Crippen LogP contribution in [0.3, 0.4) is 0 Å². The molecule has 0 spiro atoms. The molecule has 3 amide bonds. The first-order valence-electron chi connectivity index (χ1n) is 13.0. The van der Waals surface area contributed by atoms with Crippen LogP contribution in [-0.2, 0) is 26.9 Å². The number of carbonyl (C=O) groups is 4. The quantitative estimate of drug-likeness (QED) is 0.348. The smallest absolute Gasteiger partial charge is 0.428 e. The summed E-state index contributed by atoms with van der Waals surface area (Å²) >= 11 is 0. The minimum absolute atomic E-state index is 0.0123. The van der Waals surface area contributed by atoms with Crippen LogP contribution in [0.2, 0.25) is 0 Å². The van der Waals surface area contributed by atoms with Gasteiger partial charge in [0, 0.05) is 18.0 Å². The molecule has 2 N–H and O–H groups in total. The number of amides is 3. The second-order valence-electron chi connectivity index (χ2n) is 10.2. The van der Waals surface area contributed by atoms with Crippen LogP contribution in [0, 0.1) is 5.41 Å². The van der Waals surface area contributed by atoms with Gasteiger partial charge in [0.15, 0.2) is 0 Å². The lowest BCUT2D eigenvalue weighted by Crippen LogP contribution is -2.61. The number of aromatic nitrogens is 2. The Morgan fingerprint density at radius 3 is 2.32 bits per heavy atom. The Hall–Kier alpha value is -4.17. The van der Waals surface area contributed by atoms with Crippen molar-refractivity contribution < 1.29 is 46.6 Å². The number of rotatable bonds is 12.